The second-order valence-electron chi connectivity index (χ2n) is 6.22. The molecule has 0 aromatic heterocycles. The van der Waals surface area contributed by atoms with Crippen LogP contribution in [0.15, 0.2) is 22.7 Å². The van der Waals surface area contributed by atoms with Gasteiger partial charge in [-0.15, -0.1) is 0 Å². The molecule has 1 atom stereocenters. The standard InChI is InChI=1S/C17H22BrNO2/c1-2-8-19-9-3-6-17(7-10-19)12-15(20)14-5-4-13(18)11-16(14)21-17/h4-5,11H,2-3,6-10,12H2,1H3. The Morgan fingerprint density at radius 3 is 3.00 bits per heavy atom. The van der Waals surface area contributed by atoms with Crippen LogP contribution in [0.25, 0.3) is 0 Å². The number of ketones is 1. The summed E-state index contributed by atoms with van der Waals surface area (Å²) in [5.41, 5.74) is 0.450. The van der Waals surface area contributed by atoms with Gasteiger partial charge in [0.05, 0.1) is 12.0 Å². The lowest BCUT2D eigenvalue weighted by atomic mass is 9.84. The molecule has 3 rings (SSSR count). The number of likely N-dealkylation sites (tertiary alicyclic amines) is 1. The van der Waals surface area contributed by atoms with Gasteiger partial charge in [-0.05, 0) is 50.6 Å². The van der Waals surface area contributed by atoms with E-state index in [-0.39, 0.29) is 11.4 Å². The van der Waals surface area contributed by atoms with E-state index < -0.39 is 0 Å². The van der Waals surface area contributed by atoms with Gasteiger partial charge < -0.3 is 9.64 Å². The van der Waals surface area contributed by atoms with Crippen LogP contribution in [0, 0.1) is 0 Å². The zero-order chi connectivity index (χ0) is 14.9. The van der Waals surface area contributed by atoms with Crippen LogP contribution in [-0.4, -0.2) is 35.9 Å². The SMILES string of the molecule is CCCN1CCCC2(CC1)CC(=O)c1ccc(Br)cc1O2. The predicted octanol–water partition coefficient (Wildman–Crippen LogP) is 4.05. The second-order valence-corrected chi connectivity index (χ2v) is 7.14. The molecular weight excluding hydrogens is 330 g/mol. The maximum atomic E-state index is 12.5. The van der Waals surface area contributed by atoms with Gasteiger partial charge in [0, 0.05) is 17.4 Å². The van der Waals surface area contributed by atoms with Gasteiger partial charge in [-0.3, -0.25) is 4.79 Å². The number of carbonyl (C=O) groups excluding carboxylic acids is 1. The lowest BCUT2D eigenvalue weighted by Gasteiger charge is -2.37. The van der Waals surface area contributed by atoms with Gasteiger partial charge in [-0.25, -0.2) is 0 Å². The number of carbonyl (C=O) groups is 1. The summed E-state index contributed by atoms with van der Waals surface area (Å²) >= 11 is 3.47. The number of hydrogen-bond donors (Lipinski definition) is 0. The van der Waals surface area contributed by atoms with Crippen molar-refractivity contribution in [3.05, 3.63) is 28.2 Å². The van der Waals surface area contributed by atoms with Gasteiger partial charge in [0.15, 0.2) is 5.78 Å². The molecule has 0 aliphatic carbocycles. The van der Waals surface area contributed by atoms with Crippen LogP contribution in [0.1, 0.15) is 49.4 Å². The number of fused-ring (bicyclic) bond motifs is 1. The van der Waals surface area contributed by atoms with Crippen LogP contribution in [0.4, 0.5) is 0 Å². The molecule has 1 saturated heterocycles. The molecule has 1 unspecified atom stereocenters. The number of Topliss-reactive ketones (excluding diaryl/α,β-unsaturated/α-hetero) is 1. The van der Waals surface area contributed by atoms with Crippen molar-refractivity contribution in [2.75, 3.05) is 19.6 Å². The molecule has 4 heteroatoms. The third kappa shape index (κ3) is 3.16. The minimum atomic E-state index is -0.284. The van der Waals surface area contributed by atoms with E-state index in [1.165, 1.54) is 6.42 Å². The first kappa shape index (κ1) is 15.0. The summed E-state index contributed by atoms with van der Waals surface area (Å²) in [5.74, 6) is 0.984. The second kappa shape index (κ2) is 6.09. The van der Waals surface area contributed by atoms with Gasteiger partial charge in [0.1, 0.15) is 11.4 Å². The van der Waals surface area contributed by atoms with Crippen LogP contribution >= 0.6 is 15.9 Å². The van der Waals surface area contributed by atoms with Crippen molar-refractivity contribution >= 4 is 21.7 Å². The smallest absolute Gasteiger partial charge is 0.170 e. The third-order valence-corrected chi connectivity index (χ3v) is 5.08. The summed E-state index contributed by atoms with van der Waals surface area (Å²) in [5, 5.41) is 0. The highest BCUT2D eigenvalue weighted by Crippen LogP contribution is 2.40. The average Bonchev–Trinajstić information content (AvgIpc) is 2.62. The Morgan fingerprint density at radius 1 is 1.33 bits per heavy atom. The normalized spacial score (nSPS) is 26.3. The Balaban J connectivity index is 1.82. The topological polar surface area (TPSA) is 29.5 Å². The maximum absolute atomic E-state index is 12.5. The number of rotatable bonds is 2. The molecule has 3 nitrogen and oxygen atoms in total. The lowest BCUT2D eigenvalue weighted by Crippen LogP contribution is -2.43. The van der Waals surface area contributed by atoms with Crippen molar-refractivity contribution < 1.29 is 9.53 Å². The van der Waals surface area contributed by atoms with E-state index >= 15 is 0 Å². The molecule has 0 bridgehead atoms. The lowest BCUT2D eigenvalue weighted by molar-refractivity contribution is 0.0300. The number of benzene rings is 1. The molecule has 0 amide bonds. The first-order valence-corrected chi connectivity index (χ1v) is 8.65. The van der Waals surface area contributed by atoms with E-state index in [2.05, 4.69) is 27.8 Å². The molecule has 2 aliphatic heterocycles. The van der Waals surface area contributed by atoms with E-state index in [0.717, 1.165) is 54.7 Å². The van der Waals surface area contributed by atoms with E-state index in [0.29, 0.717) is 6.42 Å². The molecule has 1 aromatic carbocycles. The van der Waals surface area contributed by atoms with Crippen molar-refractivity contribution in [3.8, 4) is 5.75 Å². The number of hydrogen-bond acceptors (Lipinski definition) is 3. The molecule has 114 valence electrons. The van der Waals surface area contributed by atoms with Crippen molar-refractivity contribution in [1.82, 2.24) is 4.90 Å². The molecule has 0 N–H and O–H groups in total. The van der Waals surface area contributed by atoms with E-state index in [4.69, 9.17) is 4.74 Å². The predicted molar refractivity (Wildman–Crippen MR) is 87.0 cm³/mol. The highest BCUT2D eigenvalue weighted by atomic mass is 79.9. The molecule has 1 aromatic rings. The Bertz CT molecular complexity index is 546. The summed E-state index contributed by atoms with van der Waals surface area (Å²) in [6.45, 7) is 5.52. The van der Waals surface area contributed by atoms with Gasteiger partial charge in [-0.2, -0.15) is 0 Å². The first-order chi connectivity index (χ1) is 10.1. The van der Waals surface area contributed by atoms with Crippen molar-refractivity contribution in [1.29, 1.82) is 0 Å². The number of nitrogens with zero attached hydrogens (tertiary/aromatic N) is 1. The summed E-state index contributed by atoms with van der Waals surface area (Å²) in [7, 11) is 0. The summed E-state index contributed by atoms with van der Waals surface area (Å²) in [6.07, 6.45) is 4.75. The van der Waals surface area contributed by atoms with Crippen molar-refractivity contribution in [2.24, 2.45) is 0 Å². The molecule has 2 heterocycles. The quantitative estimate of drug-likeness (QED) is 0.804. The van der Waals surface area contributed by atoms with Gasteiger partial charge in [0.2, 0.25) is 0 Å². The highest BCUT2D eigenvalue weighted by Gasteiger charge is 2.41. The maximum Gasteiger partial charge on any atom is 0.170 e. The molecule has 1 spiro atoms. The molecule has 2 aliphatic rings. The molecule has 21 heavy (non-hydrogen) atoms. The van der Waals surface area contributed by atoms with Crippen molar-refractivity contribution in [2.45, 2.75) is 44.6 Å². The van der Waals surface area contributed by atoms with Crippen LogP contribution < -0.4 is 4.74 Å². The van der Waals surface area contributed by atoms with Crippen LogP contribution in [0.3, 0.4) is 0 Å². The molecule has 0 saturated carbocycles. The highest BCUT2D eigenvalue weighted by molar-refractivity contribution is 9.10. The van der Waals surface area contributed by atoms with Gasteiger partial charge in [-0.1, -0.05) is 22.9 Å². The van der Waals surface area contributed by atoms with E-state index in [1.54, 1.807) is 0 Å². The van der Waals surface area contributed by atoms with Crippen LogP contribution in [0.2, 0.25) is 0 Å². The fourth-order valence-electron chi connectivity index (χ4n) is 3.51. The van der Waals surface area contributed by atoms with E-state index in [9.17, 15) is 4.79 Å². The monoisotopic (exact) mass is 351 g/mol. The average molecular weight is 352 g/mol. The number of halogens is 1. The van der Waals surface area contributed by atoms with Crippen LogP contribution in [0.5, 0.6) is 5.75 Å². The first-order valence-electron chi connectivity index (χ1n) is 7.86. The summed E-state index contributed by atoms with van der Waals surface area (Å²) < 4.78 is 7.31. The zero-order valence-corrected chi connectivity index (χ0v) is 14.1. The number of ether oxygens (including phenoxy) is 1. The van der Waals surface area contributed by atoms with Crippen molar-refractivity contribution in [3.63, 3.8) is 0 Å². The fraction of sp³-hybridized carbons (Fsp3) is 0.588. The largest absolute Gasteiger partial charge is 0.486 e. The minimum Gasteiger partial charge on any atom is -0.486 e. The minimum absolute atomic E-state index is 0.229. The van der Waals surface area contributed by atoms with E-state index in [1.807, 2.05) is 18.2 Å². The van der Waals surface area contributed by atoms with Gasteiger partial charge >= 0.3 is 0 Å². The third-order valence-electron chi connectivity index (χ3n) is 4.58. The molecule has 0 radical (unpaired) electrons. The fourth-order valence-corrected chi connectivity index (χ4v) is 3.85. The Morgan fingerprint density at radius 2 is 2.19 bits per heavy atom. The Hall–Kier alpha value is -0.870. The molecule has 1 fully saturated rings. The van der Waals surface area contributed by atoms with Gasteiger partial charge in [0.25, 0.3) is 0 Å². The summed E-state index contributed by atoms with van der Waals surface area (Å²) in [4.78, 5) is 15.0. The summed E-state index contributed by atoms with van der Waals surface area (Å²) in [6, 6.07) is 5.71. The van der Waals surface area contributed by atoms with Crippen LogP contribution in [-0.2, 0) is 0 Å². The zero-order valence-electron chi connectivity index (χ0n) is 12.5. The Kier molecular flexibility index (Phi) is 4.36. The Labute approximate surface area is 134 Å². The molecular formula is C17H22BrNO2.